The number of hydrogen-bond donors (Lipinski definition) is 2. The van der Waals surface area contributed by atoms with Crippen molar-refractivity contribution in [2.24, 2.45) is 0 Å². The number of carbonyl (C=O) groups excluding carboxylic acids is 2. The predicted molar refractivity (Wildman–Crippen MR) is 100 cm³/mol. The minimum absolute atomic E-state index is 0.0118. The van der Waals surface area contributed by atoms with E-state index in [1.54, 1.807) is 13.8 Å². The summed E-state index contributed by atoms with van der Waals surface area (Å²) in [6.07, 6.45) is 2.87. The largest absolute Gasteiger partial charge is 0.362 e. The Morgan fingerprint density at radius 3 is 2.16 bits per heavy atom. The van der Waals surface area contributed by atoms with E-state index in [0.717, 1.165) is 34.3 Å². The van der Waals surface area contributed by atoms with E-state index in [0.29, 0.717) is 11.1 Å². The van der Waals surface area contributed by atoms with Crippen LogP contribution in [0, 0.1) is 0 Å². The Morgan fingerprint density at radius 1 is 1.04 bits per heavy atom. The second-order valence-electron chi connectivity index (χ2n) is 6.69. The van der Waals surface area contributed by atoms with Crippen molar-refractivity contribution < 1.29 is 9.59 Å². The van der Waals surface area contributed by atoms with Crippen LogP contribution in [-0.2, 0) is 16.0 Å². The lowest BCUT2D eigenvalue weighted by molar-refractivity contribution is -0.114. The van der Waals surface area contributed by atoms with Gasteiger partial charge in [-0.25, -0.2) is 0 Å². The van der Waals surface area contributed by atoms with Gasteiger partial charge in [-0.3, -0.25) is 9.59 Å². The third-order valence-corrected chi connectivity index (χ3v) is 5.04. The smallest absolute Gasteiger partial charge is 0.158 e. The van der Waals surface area contributed by atoms with Gasteiger partial charge in [0, 0.05) is 45.6 Å². The summed E-state index contributed by atoms with van der Waals surface area (Å²) >= 11 is 0. The highest BCUT2D eigenvalue weighted by Gasteiger charge is 2.34. The standard InChI is InChI=1S/C21H24N2O2/c1-6-15-8-7-9-16-17(10-22-21(15)16)20-18(13(4)24)11(2)23-12(3)19(20)14(5)25/h7-10,20,22-23H,6H2,1-5H3. The maximum atomic E-state index is 12.4. The molecule has 2 N–H and O–H groups in total. The molecule has 2 aromatic rings. The monoisotopic (exact) mass is 336 g/mol. The van der Waals surface area contributed by atoms with Gasteiger partial charge in [0.2, 0.25) is 0 Å². The van der Waals surface area contributed by atoms with Crippen molar-refractivity contribution in [1.82, 2.24) is 10.3 Å². The molecule has 1 aliphatic heterocycles. The maximum Gasteiger partial charge on any atom is 0.158 e. The molecule has 25 heavy (non-hydrogen) atoms. The van der Waals surface area contributed by atoms with Gasteiger partial charge in [0.05, 0.1) is 0 Å². The summed E-state index contributed by atoms with van der Waals surface area (Å²) in [5.74, 6) is -0.360. The first kappa shape index (κ1) is 17.2. The number of hydrogen-bond acceptors (Lipinski definition) is 3. The van der Waals surface area contributed by atoms with Crippen LogP contribution in [0.15, 0.2) is 46.9 Å². The van der Waals surface area contributed by atoms with Gasteiger partial charge in [0.1, 0.15) is 0 Å². The van der Waals surface area contributed by atoms with Crippen LogP contribution in [0.5, 0.6) is 0 Å². The number of fused-ring (bicyclic) bond motifs is 1. The van der Waals surface area contributed by atoms with E-state index in [2.05, 4.69) is 29.4 Å². The Balaban J connectivity index is 2.32. The molecule has 0 aliphatic carbocycles. The summed E-state index contributed by atoms with van der Waals surface area (Å²) in [5.41, 5.74) is 6.27. The van der Waals surface area contributed by atoms with Crippen molar-refractivity contribution >= 4 is 22.5 Å². The first-order valence-electron chi connectivity index (χ1n) is 8.66. The zero-order valence-corrected chi connectivity index (χ0v) is 15.4. The van der Waals surface area contributed by atoms with E-state index in [-0.39, 0.29) is 17.5 Å². The molecule has 0 spiro atoms. The summed E-state index contributed by atoms with van der Waals surface area (Å²) in [6, 6.07) is 6.20. The molecule has 1 aromatic carbocycles. The molecule has 1 aliphatic rings. The quantitative estimate of drug-likeness (QED) is 0.882. The molecule has 4 heteroatoms. The average molecular weight is 336 g/mol. The lowest BCUT2D eigenvalue weighted by Crippen LogP contribution is -2.29. The Kier molecular flexibility index (Phi) is 4.38. The number of dihydropyridines is 1. The van der Waals surface area contributed by atoms with Crippen molar-refractivity contribution in [3.8, 4) is 0 Å². The second kappa shape index (κ2) is 6.36. The van der Waals surface area contributed by atoms with Crippen molar-refractivity contribution in [2.75, 3.05) is 0 Å². The fourth-order valence-corrected chi connectivity index (χ4v) is 4.01. The van der Waals surface area contributed by atoms with Gasteiger partial charge in [0.15, 0.2) is 11.6 Å². The van der Waals surface area contributed by atoms with E-state index >= 15 is 0 Å². The van der Waals surface area contributed by atoms with Gasteiger partial charge in [-0.1, -0.05) is 25.1 Å². The Bertz CT molecular complexity index is 908. The molecule has 1 aromatic heterocycles. The number of aromatic nitrogens is 1. The SMILES string of the molecule is CCc1cccc2c(C3C(C(C)=O)=C(C)NC(C)=C3C(C)=O)c[nH]c12. The molecule has 0 saturated carbocycles. The first-order chi connectivity index (χ1) is 11.9. The van der Waals surface area contributed by atoms with Crippen LogP contribution < -0.4 is 5.32 Å². The highest BCUT2D eigenvalue weighted by Crippen LogP contribution is 2.41. The molecule has 0 saturated heterocycles. The minimum atomic E-state index is -0.336. The molecule has 4 nitrogen and oxygen atoms in total. The van der Waals surface area contributed by atoms with E-state index in [9.17, 15) is 9.59 Å². The summed E-state index contributed by atoms with van der Waals surface area (Å²) in [4.78, 5) is 28.2. The number of Topliss-reactive ketones (excluding diaryl/α,β-unsaturated/α-hetero) is 2. The normalized spacial score (nSPS) is 15.7. The molecule has 3 rings (SSSR count). The van der Waals surface area contributed by atoms with Gasteiger partial charge >= 0.3 is 0 Å². The summed E-state index contributed by atoms with van der Waals surface area (Å²) in [7, 11) is 0. The summed E-state index contributed by atoms with van der Waals surface area (Å²) < 4.78 is 0. The molecule has 0 bridgehead atoms. The van der Waals surface area contributed by atoms with Crippen LogP contribution in [-0.4, -0.2) is 16.6 Å². The van der Waals surface area contributed by atoms with Gasteiger partial charge in [-0.05, 0) is 45.2 Å². The first-order valence-corrected chi connectivity index (χ1v) is 8.66. The van der Waals surface area contributed by atoms with Crippen molar-refractivity contribution in [1.29, 1.82) is 0 Å². The second-order valence-corrected chi connectivity index (χ2v) is 6.69. The summed E-state index contributed by atoms with van der Waals surface area (Å²) in [5, 5.41) is 4.29. The number of carbonyl (C=O) groups is 2. The molecule has 0 fully saturated rings. The molecule has 0 unspecified atom stereocenters. The van der Waals surface area contributed by atoms with E-state index < -0.39 is 0 Å². The van der Waals surface area contributed by atoms with Crippen molar-refractivity contribution in [2.45, 2.75) is 47.0 Å². The zero-order chi connectivity index (χ0) is 18.3. The third-order valence-electron chi connectivity index (χ3n) is 5.04. The van der Waals surface area contributed by atoms with Gasteiger partial charge in [-0.2, -0.15) is 0 Å². The molecule has 2 heterocycles. The third kappa shape index (κ3) is 2.72. The minimum Gasteiger partial charge on any atom is -0.362 e. The van der Waals surface area contributed by atoms with Crippen LogP contribution in [0.4, 0.5) is 0 Å². The number of H-pyrrole nitrogens is 1. The number of rotatable bonds is 4. The average Bonchev–Trinajstić information content (AvgIpc) is 2.96. The van der Waals surface area contributed by atoms with Gasteiger partial charge in [-0.15, -0.1) is 0 Å². The molecule has 0 atom stereocenters. The van der Waals surface area contributed by atoms with Gasteiger partial charge < -0.3 is 10.3 Å². The fourth-order valence-electron chi connectivity index (χ4n) is 4.01. The molecule has 0 amide bonds. The number of aromatic amines is 1. The van der Waals surface area contributed by atoms with Crippen LogP contribution in [0.2, 0.25) is 0 Å². The number of nitrogens with one attached hydrogen (secondary N) is 2. The Labute approximate surface area is 148 Å². The van der Waals surface area contributed by atoms with E-state index in [1.165, 1.54) is 5.56 Å². The molecule has 130 valence electrons. The number of aryl methyl sites for hydroxylation is 1. The van der Waals surface area contributed by atoms with E-state index in [4.69, 9.17) is 0 Å². The highest BCUT2D eigenvalue weighted by molar-refractivity contribution is 6.05. The predicted octanol–water partition coefficient (Wildman–Crippen LogP) is 4.14. The Morgan fingerprint density at radius 2 is 1.64 bits per heavy atom. The number of para-hydroxylation sites is 1. The van der Waals surface area contributed by atoms with Gasteiger partial charge in [0.25, 0.3) is 0 Å². The zero-order valence-electron chi connectivity index (χ0n) is 15.4. The molecule has 0 radical (unpaired) electrons. The van der Waals surface area contributed by atoms with Crippen LogP contribution in [0.25, 0.3) is 10.9 Å². The molecular formula is C21H24N2O2. The Hall–Kier alpha value is -2.62. The van der Waals surface area contributed by atoms with Crippen LogP contribution >= 0.6 is 0 Å². The van der Waals surface area contributed by atoms with Crippen molar-refractivity contribution in [3.63, 3.8) is 0 Å². The van der Waals surface area contributed by atoms with Crippen LogP contribution in [0.3, 0.4) is 0 Å². The number of allylic oxidation sites excluding steroid dienone is 4. The van der Waals surface area contributed by atoms with Crippen molar-refractivity contribution in [3.05, 3.63) is 58.1 Å². The molecular weight excluding hydrogens is 312 g/mol. The lowest BCUT2D eigenvalue weighted by atomic mass is 9.77. The topological polar surface area (TPSA) is 62.0 Å². The lowest BCUT2D eigenvalue weighted by Gasteiger charge is -2.30. The maximum absolute atomic E-state index is 12.4. The van der Waals surface area contributed by atoms with Crippen LogP contribution in [0.1, 0.15) is 51.7 Å². The highest BCUT2D eigenvalue weighted by atomic mass is 16.1. The fraction of sp³-hybridized carbons (Fsp3) is 0.333. The van der Waals surface area contributed by atoms with E-state index in [1.807, 2.05) is 26.1 Å². The number of ketones is 2. The summed E-state index contributed by atoms with van der Waals surface area (Å²) in [6.45, 7) is 9.05. The number of benzene rings is 1.